The van der Waals surface area contributed by atoms with Gasteiger partial charge in [0.15, 0.2) is 0 Å². The van der Waals surface area contributed by atoms with E-state index in [0.717, 1.165) is 5.92 Å². The van der Waals surface area contributed by atoms with Crippen molar-refractivity contribution in [1.82, 2.24) is 4.90 Å². The minimum atomic E-state index is 0.636. The third kappa shape index (κ3) is 4.73. The Morgan fingerprint density at radius 3 is 2.36 bits per heavy atom. The molecule has 0 spiro atoms. The highest BCUT2D eigenvalue weighted by molar-refractivity contribution is 5.31. The van der Waals surface area contributed by atoms with Crippen molar-refractivity contribution in [2.45, 2.75) is 57.9 Å². The average molecular weight is 336 g/mol. The molecule has 0 aromatic heterocycles. The SMILES string of the molecule is CC(C)N(C)CCCC(c1ccccc1)C1CCc2ccccc2C1. The highest BCUT2D eigenvalue weighted by Crippen LogP contribution is 2.38. The van der Waals surface area contributed by atoms with Gasteiger partial charge in [-0.3, -0.25) is 0 Å². The molecule has 0 fully saturated rings. The fraction of sp³-hybridized carbons (Fsp3) is 0.500. The van der Waals surface area contributed by atoms with Gasteiger partial charge < -0.3 is 4.90 Å². The number of hydrogen-bond donors (Lipinski definition) is 0. The van der Waals surface area contributed by atoms with E-state index in [1.807, 2.05) is 0 Å². The van der Waals surface area contributed by atoms with Crippen LogP contribution in [0, 0.1) is 5.92 Å². The van der Waals surface area contributed by atoms with E-state index in [1.54, 1.807) is 16.7 Å². The first-order chi connectivity index (χ1) is 12.1. The minimum Gasteiger partial charge on any atom is -0.304 e. The summed E-state index contributed by atoms with van der Waals surface area (Å²) >= 11 is 0. The normalized spacial score (nSPS) is 18.4. The number of aryl methyl sites for hydroxylation is 1. The van der Waals surface area contributed by atoms with Gasteiger partial charge in [0, 0.05) is 6.04 Å². The maximum absolute atomic E-state index is 2.47. The zero-order valence-electron chi connectivity index (χ0n) is 16.1. The van der Waals surface area contributed by atoms with Crippen LogP contribution in [0.2, 0.25) is 0 Å². The Labute approximate surface area is 154 Å². The van der Waals surface area contributed by atoms with Crippen molar-refractivity contribution in [2.24, 2.45) is 5.92 Å². The quantitative estimate of drug-likeness (QED) is 0.628. The van der Waals surface area contributed by atoms with Crippen LogP contribution >= 0.6 is 0 Å². The van der Waals surface area contributed by atoms with E-state index in [9.17, 15) is 0 Å². The Bertz CT molecular complexity index is 646. The van der Waals surface area contributed by atoms with Crippen molar-refractivity contribution in [1.29, 1.82) is 0 Å². The molecule has 0 N–H and O–H groups in total. The molecule has 2 unspecified atom stereocenters. The second kappa shape index (κ2) is 8.67. The lowest BCUT2D eigenvalue weighted by Gasteiger charge is -2.33. The van der Waals surface area contributed by atoms with Crippen molar-refractivity contribution in [3.05, 3.63) is 71.3 Å². The predicted molar refractivity (Wildman–Crippen MR) is 108 cm³/mol. The zero-order valence-corrected chi connectivity index (χ0v) is 16.1. The molecule has 3 rings (SSSR count). The van der Waals surface area contributed by atoms with E-state index in [1.165, 1.54) is 38.6 Å². The maximum atomic E-state index is 2.47. The number of rotatable bonds is 7. The van der Waals surface area contributed by atoms with E-state index in [4.69, 9.17) is 0 Å². The van der Waals surface area contributed by atoms with E-state index < -0.39 is 0 Å². The van der Waals surface area contributed by atoms with Gasteiger partial charge in [-0.2, -0.15) is 0 Å². The highest BCUT2D eigenvalue weighted by Gasteiger charge is 2.27. The van der Waals surface area contributed by atoms with Crippen molar-refractivity contribution in [3.63, 3.8) is 0 Å². The van der Waals surface area contributed by atoms with Crippen molar-refractivity contribution < 1.29 is 0 Å². The number of nitrogens with zero attached hydrogens (tertiary/aromatic N) is 1. The van der Waals surface area contributed by atoms with Gasteiger partial charge in [-0.1, -0.05) is 54.6 Å². The van der Waals surface area contributed by atoms with Crippen molar-refractivity contribution in [3.8, 4) is 0 Å². The van der Waals surface area contributed by atoms with E-state index >= 15 is 0 Å². The van der Waals surface area contributed by atoms with E-state index in [-0.39, 0.29) is 0 Å². The molecule has 0 saturated carbocycles. The zero-order chi connectivity index (χ0) is 17.6. The van der Waals surface area contributed by atoms with E-state index in [0.29, 0.717) is 12.0 Å². The van der Waals surface area contributed by atoms with Crippen LogP contribution in [-0.2, 0) is 12.8 Å². The molecule has 25 heavy (non-hydrogen) atoms. The average Bonchev–Trinajstić information content (AvgIpc) is 2.65. The number of hydrogen-bond acceptors (Lipinski definition) is 1. The lowest BCUT2D eigenvalue weighted by atomic mass is 9.73. The molecule has 1 aliphatic carbocycles. The van der Waals surface area contributed by atoms with Gasteiger partial charge in [-0.05, 0) is 88.1 Å². The van der Waals surface area contributed by atoms with Crippen LogP contribution in [0.1, 0.15) is 55.7 Å². The molecule has 0 saturated heterocycles. The maximum Gasteiger partial charge on any atom is 0.00355 e. The summed E-state index contributed by atoms with van der Waals surface area (Å²) < 4.78 is 0. The summed E-state index contributed by atoms with van der Waals surface area (Å²) in [5, 5.41) is 0. The lowest BCUT2D eigenvalue weighted by Crippen LogP contribution is -2.28. The predicted octanol–water partition coefficient (Wildman–Crippen LogP) is 5.70. The van der Waals surface area contributed by atoms with Gasteiger partial charge in [0.05, 0.1) is 0 Å². The summed E-state index contributed by atoms with van der Waals surface area (Å²) in [6.45, 7) is 5.77. The van der Waals surface area contributed by atoms with Gasteiger partial charge in [-0.25, -0.2) is 0 Å². The molecule has 0 aliphatic heterocycles. The Morgan fingerprint density at radius 1 is 0.960 bits per heavy atom. The third-order valence-electron chi connectivity index (χ3n) is 6.09. The molecule has 134 valence electrons. The van der Waals surface area contributed by atoms with Crippen LogP contribution in [0.3, 0.4) is 0 Å². The third-order valence-corrected chi connectivity index (χ3v) is 6.09. The summed E-state index contributed by atoms with van der Waals surface area (Å²) in [4.78, 5) is 2.47. The van der Waals surface area contributed by atoms with Gasteiger partial charge in [-0.15, -0.1) is 0 Å². The summed E-state index contributed by atoms with van der Waals surface area (Å²) in [5.74, 6) is 1.47. The van der Waals surface area contributed by atoms with Gasteiger partial charge in [0.1, 0.15) is 0 Å². The molecule has 1 aliphatic rings. The minimum absolute atomic E-state index is 0.636. The first kappa shape index (κ1) is 18.2. The van der Waals surface area contributed by atoms with Crippen LogP contribution < -0.4 is 0 Å². The molecular weight excluding hydrogens is 302 g/mol. The second-order valence-electron chi connectivity index (χ2n) is 8.01. The number of fused-ring (bicyclic) bond motifs is 1. The first-order valence-corrected chi connectivity index (χ1v) is 9.97. The fourth-order valence-corrected chi connectivity index (χ4v) is 4.26. The monoisotopic (exact) mass is 335 g/mol. The van der Waals surface area contributed by atoms with Gasteiger partial charge >= 0.3 is 0 Å². The van der Waals surface area contributed by atoms with Crippen LogP contribution in [-0.4, -0.2) is 24.5 Å². The summed E-state index contributed by atoms with van der Waals surface area (Å²) in [5.41, 5.74) is 4.70. The molecular formula is C24H33N. The highest BCUT2D eigenvalue weighted by atomic mass is 15.1. The summed E-state index contributed by atoms with van der Waals surface area (Å²) in [6, 6.07) is 20.9. The van der Waals surface area contributed by atoms with Crippen LogP contribution in [0.15, 0.2) is 54.6 Å². The fourth-order valence-electron chi connectivity index (χ4n) is 4.26. The van der Waals surface area contributed by atoms with Crippen LogP contribution in [0.5, 0.6) is 0 Å². The largest absolute Gasteiger partial charge is 0.304 e. The smallest absolute Gasteiger partial charge is 0.00355 e. The molecule has 2 atom stereocenters. The van der Waals surface area contributed by atoms with Crippen LogP contribution in [0.25, 0.3) is 0 Å². The first-order valence-electron chi connectivity index (χ1n) is 9.97. The Balaban J connectivity index is 1.71. The summed E-state index contributed by atoms with van der Waals surface area (Å²) in [7, 11) is 2.25. The standard InChI is InChI=1S/C24H33N/c1-19(2)25(3)17-9-14-24(21-11-5-4-6-12-21)23-16-15-20-10-7-8-13-22(20)18-23/h4-8,10-13,19,23-24H,9,14-18H2,1-3H3. The number of benzene rings is 2. The van der Waals surface area contributed by atoms with Crippen molar-refractivity contribution >= 4 is 0 Å². The molecule has 2 aromatic rings. The molecule has 1 heteroatoms. The molecule has 0 amide bonds. The summed E-state index contributed by atoms with van der Waals surface area (Å²) in [6.07, 6.45) is 6.41. The topological polar surface area (TPSA) is 3.24 Å². The molecule has 0 radical (unpaired) electrons. The molecule has 1 nitrogen and oxygen atoms in total. The molecule has 2 aromatic carbocycles. The van der Waals surface area contributed by atoms with Gasteiger partial charge in [0.25, 0.3) is 0 Å². The molecule has 0 heterocycles. The second-order valence-corrected chi connectivity index (χ2v) is 8.01. The lowest BCUT2D eigenvalue weighted by molar-refractivity contribution is 0.256. The Kier molecular flexibility index (Phi) is 6.31. The van der Waals surface area contributed by atoms with Crippen molar-refractivity contribution in [2.75, 3.05) is 13.6 Å². The Hall–Kier alpha value is -1.60. The van der Waals surface area contributed by atoms with Crippen LogP contribution in [0.4, 0.5) is 0 Å². The van der Waals surface area contributed by atoms with Gasteiger partial charge in [0.2, 0.25) is 0 Å². The van der Waals surface area contributed by atoms with E-state index in [2.05, 4.69) is 80.4 Å². The Morgan fingerprint density at radius 2 is 1.64 bits per heavy atom. The molecule has 0 bridgehead atoms.